The van der Waals surface area contributed by atoms with Crippen molar-refractivity contribution in [2.45, 2.75) is 5.92 Å². The normalized spacial score (nSPS) is 18.7. The van der Waals surface area contributed by atoms with Crippen LogP contribution in [-0.4, -0.2) is 24.6 Å². The lowest BCUT2D eigenvalue weighted by molar-refractivity contribution is -0.133. The van der Waals surface area contributed by atoms with Gasteiger partial charge in [-0.2, -0.15) is 5.10 Å². The summed E-state index contributed by atoms with van der Waals surface area (Å²) in [7, 11) is 0. The fourth-order valence-electron chi connectivity index (χ4n) is 3.38. The lowest BCUT2D eigenvalue weighted by Gasteiger charge is -2.15. The zero-order chi connectivity index (χ0) is 20.2. The molecule has 3 aromatic rings. The topological polar surface area (TPSA) is 83.7 Å². The van der Waals surface area contributed by atoms with Crippen LogP contribution in [0.1, 0.15) is 17.2 Å². The van der Waals surface area contributed by atoms with Crippen LogP contribution in [0.4, 0.5) is 0 Å². The second kappa shape index (κ2) is 8.45. The van der Waals surface area contributed by atoms with Crippen molar-refractivity contribution in [2.75, 3.05) is 6.54 Å². The maximum absolute atomic E-state index is 12.6. The number of furan rings is 1. The van der Waals surface area contributed by atoms with E-state index in [4.69, 9.17) is 4.42 Å². The predicted octanol–water partition coefficient (Wildman–Crippen LogP) is 3.69. The third-order valence-corrected chi connectivity index (χ3v) is 5.29. The van der Waals surface area contributed by atoms with Gasteiger partial charge >= 0.3 is 0 Å². The summed E-state index contributed by atoms with van der Waals surface area (Å²) in [6, 6.07) is 20.9. The molecule has 2 N–H and O–H groups in total. The number of hydrazone groups is 1. The first kappa shape index (κ1) is 19.1. The van der Waals surface area contributed by atoms with Crippen LogP contribution < -0.4 is 10.7 Å². The highest BCUT2D eigenvalue weighted by Gasteiger charge is 2.40. The van der Waals surface area contributed by atoms with Gasteiger partial charge in [-0.3, -0.25) is 9.59 Å². The van der Waals surface area contributed by atoms with Crippen molar-refractivity contribution in [3.63, 3.8) is 0 Å². The number of carbonyl (C=O) groups is 2. The number of halogens is 1. The van der Waals surface area contributed by atoms with E-state index in [1.807, 2.05) is 60.7 Å². The SMILES string of the molecule is O=C1NC[C@@H](c2ccccc2)[C@@H]1C(=O)N/N=C/c1ccc(-c2cccc(Br)c2)o1. The molecule has 146 valence electrons. The van der Waals surface area contributed by atoms with Gasteiger partial charge in [-0.1, -0.05) is 58.4 Å². The van der Waals surface area contributed by atoms with Gasteiger partial charge in [0.05, 0.1) is 6.21 Å². The van der Waals surface area contributed by atoms with E-state index in [2.05, 4.69) is 31.8 Å². The van der Waals surface area contributed by atoms with E-state index in [1.165, 1.54) is 6.21 Å². The minimum Gasteiger partial charge on any atom is -0.455 e. The molecule has 0 bridgehead atoms. The number of nitrogens with one attached hydrogen (secondary N) is 2. The summed E-state index contributed by atoms with van der Waals surface area (Å²) in [4.78, 5) is 24.7. The van der Waals surface area contributed by atoms with E-state index in [9.17, 15) is 9.59 Å². The number of nitrogens with zero attached hydrogens (tertiary/aromatic N) is 1. The molecule has 2 amide bonds. The fraction of sp³-hybridized carbons (Fsp3) is 0.136. The van der Waals surface area contributed by atoms with Crippen molar-refractivity contribution in [2.24, 2.45) is 11.0 Å². The molecule has 1 saturated heterocycles. The van der Waals surface area contributed by atoms with Crippen molar-refractivity contribution in [3.8, 4) is 11.3 Å². The van der Waals surface area contributed by atoms with Gasteiger partial charge in [-0.05, 0) is 29.8 Å². The highest BCUT2D eigenvalue weighted by Crippen LogP contribution is 2.29. The van der Waals surface area contributed by atoms with Crippen LogP contribution in [0.15, 0.2) is 80.7 Å². The van der Waals surface area contributed by atoms with Crippen LogP contribution in [0.2, 0.25) is 0 Å². The molecule has 0 saturated carbocycles. The monoisotopic (exact) mass is 451 g/mol. The van der Waals surface area contributed by atoms with E-state index in [-0.39, 0.29) is 11.8 Å². The highest BCUT2D eigenvalue weighted by atomic mass is 79.9. The van der Waals surface area contributed by atoms with Crippen LogP contribution in [0.25, 0.3) is 11.3 Å². The Labute approximate surface area is 176 Å². The Kier molecular flexibility index (Phi) is 5.57. The smallest absolute Gasteiger partial charge is 0.253 e. The molecule has 1 aromatic heterocycles. The Morgan fingerprint density at radius 1 is 1.14 bits per heavy atom. The van der Waals surface area contributed by atoms with Gasteiger partial charge in [-0.15, -0.1) is 0 Å². The second-order valence-corrected chi connectivity index (χ2v) is 7.60. The van der Waals surface area contributed by atoms with E-state index in [1.54, 1.807) is 6.07 Å². The lowest BCUT2D eigenvalue weighted by Crippen LogP contribution is -2.34. The van der Waals surface area contributed by atoms with Crippen LogP contribution in [-0.2, 0) is 9.59 Å². The molecule has 4 rings (SSSR count). The zero-order valence-electron chi connectivity index (χ0n) is 15.3. The molecule has 0 radical (unpaired) electrons. The third-order valence-electron chi connectivity index (χ3n) is 4.79. The Morgan fingerprint density at radius 2 is 1.97 bits per heavy atom. The maximum Gasteiger partial charge on any atom is 0.253 e. The fourth-order valence-corrected chi connectivity index (χ4v) is 3.78. The minimum atomic E-state index is -0.816. The third kappa shape index (κ3) is 4.30. The summed E-state index contributed by atoms with van der Waals surface area (Å²) in [6.45, 7) is 0.429. The number of amides is 2. The average Bonchev–Trinajstić information content (AvgIpc) is 3.35. The predicted molar refractivity (Wildman–Crippen MR) is 113 cm³/mol. The molecular weight excluding hydrogens is 434 g/mol. The van der Waals surface area contributed by atoms with Crippen LogP contribution >= 0.6 is 15.9 Å². The second-order valence-electron chi connectivity index (χ2n) is 6.69. The van der Waals surface area contributed by atoms with E-state index < -0.39 is 11.8 Å². The molecule has 2 aromatic carbocycles. The highest BCUT2D eigenvalue weighted by molar-refractivity contribution is 9.10. The molecule has 0 unspecified atom stereocenters. The van der Waals surface area contributed by atoms with Crippen molar-refractivity contribution in [1.29, 1.82) is 0 Å². The van der Waals surface area contributed by atoms with E-state index in [0.29, 0.717) is 18.1 Å². The van der Waals surface area contributed by atoms with Gasteiger partial charge < -0.3 is 9.73 Å². The summed E-state index contributed by atoms with van der Waals surface area (Å²) < 4.78 is 6.70. The molecule has 1 aliphatic rings. The Hall–Kier alpha value is -3.19. The molecule has 2 heterocycles. The number of hydrogen-bond acceptors (Lipinski definition) is 4. The molecule has 2 atom stereocenters. The van der Waals surface area contributed by atoms with Crippen molar-refractivity contribution in [3.05, 3.63) is 82.5 Å². The Bertz CT molecular complexity index is 1060. The van der Waals surface area contributed by atoms with Crippen molar-refractivity contribution >= 4 is 34.0 Å². The Balaban J connectivity index is 1.43. The van der Waals surface area contributed by atoms with E-state index >= 15 is 0 Å². The minimum absolute atomic E-state index is 0.217. The van der Waals surface area contributed by atoms with Crippen molar-refractivity contribution in [1.82, 2.24) is 10.7 Å². The molecule has 29 heavy (non-hydrogen) atoms. The quantitative estimate of drug-likeness (QED) is 0.352. The first-order valence-electron chi connectivity index (χ1n) is 9.13. The average molecular weight is 452 g/mol. The molecule has 6 nitrogen and oxygen atoms in total. The number of benzene rings is 2. The van der Waals surface area contributed by atoms with Gasteiger partial charge in [0.15, 0.2) is 0 Å². The summed E-state index contributed by atoms with van der Waals surface area (Å²) in [6.07, 6.45) is 1.42. The molecular formula is C22H18BrN3O3. The van der Waals surface area contributed by atoms with Gasteiger partial charge in [0.1, 0.15) is 17.4 Å². The van der Waals surface area contributed by atoms with Gasteiger partial charge in [0.25, 0.3) is 5.91 Å². The molecule has 7 heteroatoms. The van der Waals surface area contributed by atoms with Gasteiger partial charge in [0, 0.05) is 22.5 Å². The zero-order valence-corrected chi connectivity index (χ0v) is 16.9. The van der Waals surface area contributed by atoms with Crippen LogP contribution in [0.3, 0.4) is 0 Å². The molecule has 0 spiro atoms. The Morgan fingerprint density at radius 3 is 2.76 bits per heavy atom. The van der Waals surface area contributed by atoms with Crippen LogP contribution in [0, 0.1) is 5.92 Å². The number of carbonyl (C=O) groups excluding carboxylic acids is 2. The first-order chi connectivity index (χ1) is 14.1. The first-order valence-corrected chi connectivity index (χ1v) is 9.92. The summed E-state index contributed by atoms with van der Waals surface area (Å²) in [5.41, 5.74) is 4.33. The molecule has 1 aliphatic heterocycles. The number of rotatable bonds is 5. The molecule has 0 aliphatic carbocycles. The molecule has 1 fully saturated rings. The summed E-state index contributed by atoms with van der Waals surface area (Å²) in [5, 5.41) is 6.72. The maximum atomic E-state index is 12.6. The van der Waals surface area contributed by atoms with Crippen molar-refractivity contribution < 1.29 is 14.0 Å². The van der Waals surface area contributed by atoms with Crippen LogP contribution in [0.5, 0.6) is 0 Å². The largest absolute Gasteiger partial charge is 0.455 e. The number of hydrogen-bond donors (Lipinski definition) is 2. The summed E-state index contributed by atoms with van der Waals surface area (Å²) in [5.74, 6) is -0.575. The van der Waals surface area contributed by atoms with Gasteiger partial charge in [-0.25, -0.2) is 5.43 Å². The summed E-state index contributed by atoms with van der Waals surface area (Å²) >= 11 is 3.43. The van der Waals surface area contributed by atoms with Gasteiger partial charge in [0.2, 0.25) is 5.91 Å². The standard InChI is InChI=1S/C22H18BrN3O3/c23-16-8-4-7-15(11-16)19-10-9-17(29-19)12-25-26-22(28)20-18(13-24-21(20)27)14-5-2-1-3-6-14/h1-12,18,20H,13H2,(H,24,27)(H,26,28)/b25-12+/t18-,20-/m0/s1. The van der Waals surface area contributed by atoms with E-state index in [0.717, 1.165) is 15.6 Å². The lowest BCUT2D eigenvalue weighted by atomic mass is 9.88.